The van der Waals surface area contributed by atoms with Crippen LogP contribution in [0.3, 0.4) is 0 Å². The Hall–Kier alpha value is -3.96. The second-order valence-electron chi connectivity index (χ2n) is 11.9. The van der Waals surface area contributed by atoms with Crippen LogP contribution in [0.2, 0.25) is 0 Å². The molecule has 3 aromatic rings. The molecule has 2 N–H and O–H groups in total. The average Bonchev–Trinajstić information content (AvgIpc) is 3.01. The number of carbonyl (C=O) groups excluding carboxylic acids is 2. The molecule has 1 saturated carbocycles. The van der Waals surface area contributed by atoms with Crippen LogP contribution in [0.1, 0.15) is 83.0 Å². The van der Waals surface area contributed by atoms with Gasteiger partial charge in [-0.3, -0.25) is 0 Å². The van der Waals surface area contributed by atoms with Crippen LogP contribution in [0.4, 0.5) is 0 Å². The molecule has 0 amide bonds. The maximum atomic E-state index is 13.7. The number of hydrogen-bond donors (Lipinski definition) is 1. The molecule has 3 aromatic carbocycles. The molecule has 0 aliphatic heterocycles. The number of carbonyl (C=O) groups is 2. The Kier molecular flexibility index (Phi) is 8.79. The summed E-state index contributed by atoms with van der Waals surface area (Å²) in [7, 11) is 0. The van der Waals surface area contributed by atoms with Gasteiger partial charge in [0.15, 0.2) is 0 Å². The molecule has 5 heteroatoms. The van der Waals surface area contributed by atoms with Crippen molar-refractivity contribution in [2.75, 3.05) is 0 Å². The van der Waals surface area contributed by atoms with Crippen molar-refractivity contribution in [2.45, 2.75) is 64.7 Å². The minimum atomic E-state index is -0.731. The van der Waals surface area contributed by atoms with Gasteiger partial charge < -0.3 is 15.2 Å². The molecule has 1 fully saturated rings. The minimum Gasteiger partial charge on any atom is -0.454 e. The molecule has 7 atom stereocenters. The number of hydrogen-bond acceptors (Lipinski definition) is 5. The first-order valence-electron chi connectivity index (χ1n) is 15.0. The number of ether oxygens (including phenoxy) is 2. The molecule has 5 rings (SSSR count). The second-order valence-corrected chi connectivity index (χ2v) is 11.9. The highest BCUT2D eigenvalue weighted by atomic mass is 16.6. The van der Waals surface area contributed by atoms with Gasteiger partial charge in [0.2, 0.25) is 0 Å². The summed E-state index contributed by atoms with van der Waals surface area (Å²) >= 11 is 0. The molecule has 5 nitrogen and oxygen atoms in total. The van der Waals surface area contributed by atoms with Crippen molar-refractivity contribution in [3.63, 3.8) is 0 Å². The number of rotatable bonds is 8. The van der Waals surface area contributed by atoms with Crippen LogP contribution in [0.5, 0.6) is 0 Å². The quantitative estimate of drug-likeness (QED) is 0.284. The number of nitrogens with two attached hydrogens (primary N) is 1. The summed E-state index contributed by atoms with van der Waals surface area (Å²) in [5, 5.41) is 0. The first-order chi connectivity index (χ1) is 20.2. The summed E-state index contributed by atoms with van der Waals surface area (Å²) in [4.78, 5) is 27.2. The standard InChI is InChI=1S/C37H41NO4/c1-5-14-31(38)28-21-20-24(2)29(23-28)32-30-19-12-13-22-37(30,4)25(3)33(41-35(39)26-15-8-6-9-16-26)34(32)42-36(40)27-17-10-7-11-18-27/h6-13,15-23,25,30-34H,5,14,38H2,1-4H3. The molecule has 0 spiro atoms. The average molecular weight is 564 g/mol. The summed E-state index contributed by atoms with van der Waals surface area (Å²) in [6, 6.07) is 24.3. The maximum Gasteiger partial charge on any atom is 0.338 e. The predicted molar refractivity (Wildman–Crippen MR) is 166 cm³/mol. The van der Waals surface area contributed by atoms with Crippen LogP contribution in [0.15, 0.2) is 103 Å². The van der Waals surface area contributed by atoms with Gasteiger partial charge in [-0.25, -0.2) is 9.59 Å². The summed E-state index contributed by atoms with van der Waals surface area (Å²) < 4.78 is 12.8. The largest absolute Gasteiger partial charge is 0.454 e. The van der Waals surface area contributed by atoms with E-state index < -0.39 is 24.1 Å². The lowest BCUT2D eigenvalue weighted by Crippen LogP contribution is -2.57. The van der Waals surface area contributed by atoms with Crippen molar-refractivity contribution in [2.24, 2.45) is 23.0 Å². The van der Waals surface area contributed by atoms with E-state index in [-0.39, 0.29) is 29.2 Å². The van der Waals surface area contributed by atoms with Crippen LogP contribution < -0.4 is 5.73 Å². The normalized spacial score (nSPS) is 27.1. The third-order valence-electron chi connectivity index (χ3n) is 9.34. The highest BCUT2D eigenvalue weighted by Gasteiger charge is 2.57. The highest BCUT2D eigenvalue weighted by Crippen LogP contribution is 2.56. The molecule has 0 heterocycles. The number of fused-ring (bicyclic) bond motifs is 1. The zero-order valence-electron chi connectivity index (χ0n) is 24.9. The van der Waals surface area contributed by atoms with E-state index in [1.165, 1.54) is 0 Å². The van der Waals surface area contributed by atoms with Crippen LogP contribution in [0.25, 0.3) is 0 Å². The van der Waals surface area contributed by atoms with Gasteiger partial charge in [-0.1, -0.05) is 106 Å². The molecule has 0 radical (unpaired) electrons. The lowest BCUT2D eigenvalue weighted by Gasteiger charge is -2.55. The Labute approximate surface area is 249 Å². The van der Waals surface area contributed by atoms with Gasteiger partial charge in [-0.15, -0.1) is 0 Å². The minimum absolute atomic E-state index is 0.00546. The van der Waals surface area contributed by atoms with E-state index >= 15 is 0 Å². The third-order valence-corrected chi connectivity index (χ3v) is 9.34. The molecular weight excluding hydrogens is 522 g/mol. The number of benzene rings is 3. The fourth-order valence-corrected chi connectivity index (χ4v) is 6.71. The SMILES string of the molecule is CCCC(N)c1ccc(C)c(C2C(OC(=O)c3ccccc3)C(OC(=O)c3ccccc3)C(C)C3(C)C=CC=CC23)c1. The highest BCUT2D eigenvalue weighted by molar-refractivity contribution is 5.90. The van der Waals surface area contributed by atoms with E-state index in [4.69, 9.17) is 15.2 Å². The van der Waals surface area contributed by atoms with Crippen molar-refractivity contribution in [3.05, 3.63) is 131 Å². The van der Waals surface area contributed by atoms with Gasteiger partial charge in [-0.2, -0.15) is 0 Å². The Morgan fingerprint density at radius 2 is 1.48 bits per heavy atom. The number of aryl methyl sites for hydroxylation is 1. The summed E-state index contributed by atoms with van der Waals surface area (Å²) in [5.41, 5.74) is 10.4. The Bertz CT molecular complexity index is 1460. The zero-order chi connectivity index (χ0) is 29.9. The van der Waals surface area contributed by atoms with Crippen molar-refractivity contribution < 1.29 is 19.1 Å². The summed E-state index contributed by atoms with van der Waals surface area (Å²) in [6.45, 7) is 8.53. The Morgan fingerprint density at radius 1 is 0.881 bits per heavy atom. The molecule has 0 bridgehead atoms. The summed E-state index contributed by atoms with van der Waals surface area (Å²) in [6.07, 6.45) is 9.00. The van der Waals surface area contributed by atoms with E-state index in [9.17, 15) is 9.59 Å². The molecule has 218 valence electrons. The van der Waals surface area contributed by atoms with E-state index in [1.807, 2.05) is 36.4 Å². The summed E-state index contributed by atoms with van der Waals surface area (Å²) in [5.74, 6) is -1.29. The van der Waals surface area contributed by atoms with Crippen LogP contribution in [-0.2, 0) is 9.47 Å². The fraction of sp³-hybridized carbons (Fsp3) is 0.351. The first kappa shape index (κ1) is 29.5. The van der Waals surface area contributed by atoms with Gasteiger partial charge in [-0.05, 0) is 65.6 Å². The van der Waals surface area contributed by atoms with Crippen LogP contribution in [-0.4, -0.2) is 24.1 Å². The van der Waals surface area contributed by atoms with Gasteiger partial charge >= 0.3 is 11.9 Å². The van der Waals surface area contributed by atoms with Crippen molar-refractivity contribution in [1.29, 1.82) is 0 Å². The second kappa shape index (κ2) is 12.5. The predicted octanol–water partition coefficient (Wildman–Crippen LogP) is 7.73. The van der Waals surface area contributed by atoms with Crippen molar-refractivity contribution in [1.82, 2.24) is 0 Å². The van der Waals surface area contributed by atoms with E-state index in [0.29, 0.717) is 11.1 Å². The van der Waals surface area contributed by atoms with Crippen molar-refractivity contribution in [3.8, 4) is 0 Å². The van der Waals surface area contributed by atoms with Gasteiger partial charge in [0.1, 0.15) is 12.2 Å². The molecule has 0 saturated heterocycles. The van der Waals surface area contributed by atoms with E-state index in [0.717, 1.165) is 29.5 Å². The fourth-order valence-electron chi connectivity index (χ4n) is 6.71. The van der Waals surface area contributed by atoms with E-state index in [1.54, 1.807) is 24.3 Å². The number of allylic oxidation sites excluding steroid dienone is 4. The van der Waals surface area contributed by atoms with Gasteiger partial charge in [0.05, 0.1) is 11.1 Å². The molecule has 7 unspecified atom stereocenters. The molecule has 2 aliphatic rings. The van der Waals surface area contributed by atoms with Crippen LogP contribution >= 0.6 is 0 Å². The number of esters is 2. The molecule has 0 aromatic heterocycles. The van der Waals surface area contributed by atoms with Crippen molar-refractivity contribution >= 4 is 11.9 Å². The molecular formula is C37H41NO4. The lowest BCUT2D eigenvalue weighted by molar-refractivity contribution is -0.121. The van der Waals surface area contributed by atoms with Gasteiger partial charge in [0, 0.05) is 17.9 Å². The van der Waals surface area contributed by atoms with Gasteiger partial charge in [0.25, 0.3) is 0 Å². The lowest BCUT2D eigenvalue weighted by atomic mass is 9.53. The van der Waals surface area contributed by atoms with E-state index in [2.05, 4.69) is 70.2 Å². The monoisotopic (exact) mass is 563 g/mol. The molecule has 2 aliphatic carbocycles. The molecule has 42 heavy (non-hydrogen) atoms. The Balaban J connectivity index is 1.65. The smallest absolute Gasteiger partial charge is 0.338 e. The topological polar surface area (TPSA) is 78.6 Å². The maximum absolute atomic E-state index is 13.7. The zero-order valence-corrected chi connectivity index (χ0v) is 24.9. The van der Waals surface area contributed by atoms with Crippen LogP contribution in [0, 0.1) is 24.2 Å². The Morgan fingerprint density at radius 3 is 2.07 bits per heavy atom. The third kappa shape index (κ3) is 5.71. The first-order valence-corrected chi connectivity index (χ1v) is 15.0.